The van der Waals surface area contributed by atoms with Crippen molar-refractivity contribution in [2.24, 2.45) is 11.3 Å². The van der Waals surface area contributed by atoms with E-state index in [2.05, 4.69) is 43.4 Å². The highest BCUT2D eigenvalue weighted by molar-refractivity contribution is 5.96. The fraction of sp³-hybridized carbons (Fsp3) is 0.738. The molecule has 8 rings (SSSR count). The maximum absolute atomic E-state index is 15.3. The third kappa shape index (κ3) is 7.15. The molecule has 5 saturated heterocycles. The fourth-order valence-corrected chi connectivity index (χ4v) is 10.4. The summed E-state index contributed by atoms with van der Waals surface area (Å²) in [5.74, 6) is -1.43. The number of aliphatic hydroxyl groups excluding tert-OH is 1. The van der Waals surface area contributed by atoms with Crippen LogP contribution in [0.1, 0.15) is 115 Å². The zero-order valence-corrected chi connectivity index (χ0v) is 32.0. The summed E-state index contributed by atoms with van der Waals surface area (Å²) in [5, 5.41) is 13.8. The number of hydroxylamine groups is 2. The molecule has 12 heteroatoms. The zero-order valence-electron chi connectivity index (χ0n) is 32.0. The lowest BCUT2D eigenvalue weighted by atomic mass is 9.62. The summed E-state index contributed by atoms with van der Waals surface area (Å²) in [6, 6.07) is 6.49. The van der Waals surface area contributed by atoms with Gasteiger partial charge in [-0.2, -0.15) is 5.06 Å². The van der Waals surface area contributed by atoms with Crippen LogP contribution in [0.2, 0.25) is 0 Å². The molecule has 5 aliphatic heterocycles. The van der Waals surface area contributed by atoms with E-state index in [0.29, 0.717) is 50.4 Å². The number of rotatable bonds is 16. The molecule has 3 unspecified atom stereocenters. The smallest absolute Gasteiger partial charge is 0.327 e. The number of fused-ring (bicyclic) bond motifs is 5. The number of carbonyl (C=O) groups is 3. The van der Waals surface area contributed by atoms with Gasteiger partial charge in [-0.15, -0.1) is 0 Å². The van der Waals surface area contributed by atoms with E-state index in [1.54, 1.807) is 9.96 Å². The number of hydrogen-bond donors (Lipinski definition) is 2. The van der Waals surface area contributed by atoms with Crippen LogP contribution in [0.5, 0.6) is 0 Å². The van der Waals surface area contributed by atoms with Crippen molar-refractivity contribution in [3.05, 3.63) is 41.5 Å². The number of allylic oxidation sites excluding steroid dienone is 1. The Hall–Kier alpha value is -2.87. The van der Waals surface area contributed by atoms with E-state index >= 15 is 4.79 Å². The van der Waals surface area contributed by atoms with Gasteiger partial charge in [-0.1, -0.05) is 75.9 Å². The van der Waals surface area contributed by atoms with Crippen LogP contribution in [-0.2, 0) is 44.7 Å². The molecule has 2 amide bonds. The summed E-state index contributed by atoms with van der Waals surface area (Å²) < 4.78 is 26.0. The van der Waals surface area contributed by atoms with Gasteiger partial charge in [0.05, 0.1) is 25.4 Å². The molecule has 5 heterocycles. The molecule has 2 N–H and O–H groups in total. The number of amides is 2. The quantitative estimate of drug-likeness (QED) is 0.138. The van der Waals surface area contributed by atoms with Crippen molar-refractivity contribution < 1.29 is 43.3 Å². The van der Waals surface area contributed by atoms with Crippen LogP contribution in [-0.4, -0.2) is 107 Å². The molecular weight excluding hydrogens is 690 g/mol. The van der Waals surface area contributed by atoms with Crippen molar-refractivity contribution in [2.75, 3.05) is 19.7 Å². The predicted molar refractivity (Wildman–Crippen MR) is 198 cm³/mol. The molecule has 10 atom stereocenters. The van der Waals surface area contributed by atoms with Gasteiger partial charge < -0.3 is 34.3 Å². The highest BCUT2D eigenvalue weighted by Gasteiger charge is 2.77. The monoisotopic (exact) mass is 749 g/mol. The average Bonchev–Trinajstić information content (AvgIpc) is 3.44. The number of unbranched alkanes of at least 4 members (excludes halogenated alkanes) is 4. The number of epoxide rings is 1. The van der Waals surface area contributed by atoms with Crippen molar-refractivity contribution in [1.29, 1.82) is 0 Å². The maximum Gasteiger partial charge on any atom is 0.327 e. The SMILES string of the molecule is CCCCCC1(CCCCC)O[C@@H]2[C@H](O1)[C@H]1ON(Cc3cccc(C=CC4CCC5OC5C4)c3)[C@@H]3C(=O)O[C@@H]2C[C@]13C(=O)N1CCC[C@@H]1C(=O)NCCO. The fourth-order valence-electron chi connectivity index (χ4n) is 10.4. The summed E-state index contributed by atoms with van der Waals surface area (Å²) in [5.41, 5.74) is 0.665. The number of benzene rings is 1. The number of nitrogens with zero attached hydrogens (tertiary/aromatic N) is 2. The highest BCUT2D eigenvalue weighted by Crippen LogP contribution is 2.59. The van der Waals surface area contributed by atoms with Crippen LogP contribution in [0.25, 0.3) is 6.08 Å². The standard InChI is InChI=1S/C42H59N3O9/c1-3-5-7-18-41(19-8-6-4-2)52-34-33-25-42(40(49)44-21-10-13-30(44)38(47)43-20-22-46)36(39(48)51-33)45(54-37(42)35(34)53-41)26-29-12-9-11-27(23-29)14-15-28-16-17-31-32(24-28)50-31/h9,11-12,14-15,23,28,30-37,46H,3-8,10,13,16-22,24-26H2,1-2H3,(H,43,47)/t28?,30-,31?,32?,33-,34+,35+,36-,37-,42-/m1/s1. The lowest BCUT2D eigenvalue weighted by Crippen LogP contribution is -2.70. The molecule has 0 spiro atoms. The van der Waals surface area contributed by atoms with E-state index in [1.807, 2.05) is 12.1 Å². The molecule has 7 fully saturated rings. The number of carbonyl (C=O) groups excluding carboxylic acids is 3. The second-order valence-electron chi connectivity index (χ2n) is 16.8. The van der Waals surface area contributed by atoms with Crippen LogP contribution < -0.4 is 5.32 Å². The topological polar surface area (TPSA) is 139 Å². The Morgan fingerprint density at radius 2 is 1.80 bits per heavy atom. The van der Waals surface area contributed by atoms with Crippen molar-refractivity contribution in [2.45, 2.75) is 165 Å². The molecule has 2 aliphatic carbocycles. The van der Waals surface area contributed by atoms with Gasteiger partial charge >= 0.3 is 5.97 Å². The van der Waals surface area contributed by atoms with Gasteiger partial charge in [-0.05, 0) is 62.0 Å². The molecule has 2 bridgehead atoms. The van der Waals surface area contributed by atoms with Gasteiger partial charge in [-0.3, -0.25) is 19.2 Å². The van der Waals surface area contributed by atoms with Gasteiger partial charge in [0.1, 0.15) is 35.9 Å². The molecule has 12 nitrogen and oxygen atoms in total. The summed E-state index contributed by atoms with van der Waals surface area (Å²) in [6.45, 7) is 4.92. The van der Waals surface area contributed by atoms with Gasteiger partial charge in [-0.25, -0.2) is 0 Å². The van der Waals surface area contributed by atoms with Crippen LogP contribution in [0.3, 0.4) is 0 Å². The number of likely N-dealkylation sites (tertiary alicyclic amines) is 1. The molecular formula is C42H59N3O9. The number of aliphatic hydroxyl groups is 1. The van der Waals surface area contributed by atoms with Crippen molar-refractivity contribution >= 4 is 23.9 Å². The Kier molecular flexibility index (Phi) is 11.2. The van der Waals surface area contributed by atoms with E-state index in [4.69, 9.17) is 23.8 Å². The van der Waals surface area contributed by atoms with Crippen molar-refractivity contribution in [3.63, 3.8) is 0 Å². The Balaban J connectivity index is 1.11. The molecule has 2 saturated carbocycles. The highest BCUT2D eigenvalue weighted by atomic mass is 16.8. The average molecular weight is 750 g/mol. The van der Waals surface area contributed by atoms with Gasteiger partial charge in [0.15, 0.2) is 11.8 Å². The zero-order chi connectivity index (χ0) is 37.5. The molecule has 0 radical (unpaired) electrons. The number of nitrogens with one attached hydrogen (secondary N) is 1. The minimum Gasteiger partial charge on any atom is -0.458 e. The first-order valence-corrected chi connectivity index (χ1v) is 20.9. The van der Waals surface area contributed by atoms with Crippen LogP contribution in [0, 0.1) is 11.3 Å². The molecule has 1 aromatic rings. The summed E-state index contributed by atoms with van der Waals surface area (Å²) in [6.07, 6.45) is 14.9. The van der Waals surface area contributed by atoms with Gasteiger partial charge in [0, 0.05) is 32.4 Å². The van der Waals surface area contributed by atoms with E-state index in [0.717, 1.165) is 68.9 Å². The predicted octanol–water partition coefficient (Wildman–Crippen LogP) is 4.81. The first kappa shape index (κ1) is 38.0. The Morgan fingerprint density at radius 3 is 2.56 bits per heavy atom. The molecule has 0 aromatic heterocycles. The molecule has 1 aromatic carbocycles. The van der Waals surface area contributed by atoms with Gasteiger partial charge in [0.2, 0.25) is 11.8 Å². The largest absolute Gasteiger partial charge is 0.458 e. The number of ether oxygens (including phenoxy) is 4. The van der Waals surface area contributed by atoms with Crippen LogP contribution in [0.15, 0.2) is 30.3 Å². The van der Waals surface area contributed by atoms with Crippen LogP contribution in [0.4, 0.5) is 0 Å². The number of hydrogen-bond acceptors (Lipinski definition) is 10. The van der Waals surface area contributed by atoms with E-state index < -0.39 is 53.7 Å². The lowest BCUT2D eigenvalue weighted by Gasteiger charge is -2.50. The summed E-state index contributed by atoms with van der Waals surface area (Å²) in [7, 11) is 0. The minimum absolute atomic E-state index is 0.108. The summed E-state index contributed by atoms with van der Waals surface area (Å²) >= 11 is 0. The van der Waals surface area contributed by atoms with Crippen molar-refractivity contribution in [3.8, 4) is 0 Å². The van der Waals surface area contributed by atoms with E-state index in [1.165, 1.54) is 0 Å². The third-order valence-corrected chi connectivity index (χ3v) is 13.1. The maximum atomic E-state index is 15.3. The molecule has 54 heavy (non-hydrogen) atoms. The van der Waals surface area contributed by atoms with E-state index in [-0.39, 0.29) is 37.9 Å². The Labute approximate surface area is 319 Å². The minimum atomic E-state index is -1.34. The first-order chi connectivity index (χ1) is 26.3. The number of esters is 1. The molecule has 7 aliphatic rings. The normalized spacial score (nSPS) is 36.2. The second kappa shape index (κ2) is 15.9. The third-order valence-electron chi connectivity index (χ3n) is 13.1. The lowest BCUT2D eigenvalue weighted by molar-refractivity contribution is -0.225. The molecule has 296 valence electrons. The Morgan fingerprint density at radius 1 is 1.00 bits per heavy atom. The Bertz CT molecular complexity index is 1560. The van der Waals surface area contributed by atoms with Crippen LogP contribution >= 0.6 is 0 Å². The first-order valence-electron chi connectivity index (χ1n) is 20.9. The van der Waals surface area contributed by atoms with Gasteiger partial charge in [0.25, 0.3) is 0 Å². The van der Waals surface area contributed by atoms with E-state index in [9.17, 15) is 14.7 Å². The van der Waals surface area contributed by atoms with Crippen molar-refractivity contribution in [1.82, 2.24) is 15.3 Å². The second-order valence-corrected chi connectivity index (χ2v) is 16.8. The summed E-state index contributed by atoms with van der Waals surface area (Å²) in [4.78, 5) is 51.5.